The molecule has 1 aliphatic heterocycles. The zero-order valence-electron chi connectivity index (χ0n) is 15.2. The Balaban J connectivity index is 1.82. The highest BCUT2D eigenvalue weighted by molar-refractivity contribution is 5.51. The molecule has 2 aromatic rings. The molecule has 1 aromatic heterocycles. The molecule has 0 radical (unpaired) electrons. The van der Waals surface area contributed by atoms with E-state index in [1.54, 1.807) is 20.4 Å². The first-order valence-corrected chi connectivity index (χ1v) is 8.59. The first-order valence-electron chi connectivity index (χ1n) is 8.59. The number of hydrogen-bond donors (Lipinski definition) is 1. The monoisotopic (exact) mass is 343 g/mol. The first kappa shape index (κ1) is 17.3. The quantitative estimate of drug-likeness (QED) is 0.864. The molecule has 7 nitrogen and oxygen atoms in total. The maximum absolute atomic E-state index is 5.42. The van der Waals surface area contributed by atoms with Crippen molar-refractivity contribution in [1.29, 1.82) is 0 Å². The fourth-order valence-electron chi connectivity index (χ4n) is 2.91. The van der Waals surface area contributed by atoms with Crippen LogP contribution in [0.1, 0.15) is 31.4 Å². The van der Waals surface area contributed by atoms with Gasteiger partial charge < -0.3 is 19.7 Å². The van der Waals surface area contributed by atoms with Crippen LogP contribution in [0.25, 0.3) is 0 Å². The van der Waals surface area contributed by atoms with Gasteiger partial charge in [-0.25, -0.2) is 0 Å². The van der Waals surface area contributed by atoms with Gasteiger partial charge in [-0.05, 0) is 43.0 Å². The molecule has 3 rings (SSSR count). The fraction of sp³-hybridized carbons (Fsp3) is 0.500. The highest BCUT2D eigenvalue weighted by atomic mass is 16.5. The predicted octanol–water partition coefficient (Wildman–Crippen LogP) is 2.66. The smallest absolute Gasteiger partial charge is 0.247 e. The summed E-state index contributed by atoms with van der Waals surface area (Å²) in [5, 5.41) is 11.7. The maximum Gasteiger partial charge on any atom is 0.247 e. The van der Waals surface area contributed by atoms with Crippen molar-refractivity contribution in [3.8, 4) is 11.5 Å². The second kappa shape index (κ2) is 7.55. The summed E-state index contributed by atoms with van der Waals surface area (Å²) in [6.45, 7) is 5.83. The van der Waals surface area contributed by atoms with Gasteiger partial charge in [-0.1, -0.05) is 6.92 Å². The van der Waals surface area contributed by atoms with Crippen LogP contribution in [0.3, 0.4) is 0 Å². The van der Waals surface area contributed by atoms with Crippen molar-refractivity contribution < 1.29 is 9.47 Å². The lowest BCUT2D eigenvalue weighted by atomic mass is 9.99. The number of fused-ring (bicyclic) bond motifs is 1. The van der Waals surface area contributed by atoms with Gasteiger partial charge in [-0.15, -0.1) is 5.10 Å². The Bertz CT molecular complexity index is 737. The average molecular weight is 343 g/mol. The molecular weight excluding hydrogens is 318 g/mol. The molecule has 1 N–H and O–H groups in total. The Hall–Kier alpha value is -2.57. The van der Waals surface area contributed by atoms with Crippen LogP contribution < -0.4 is 19.7 Å². The summed E-state index contributed by atoms with van der Waals surface area (Å²) < 4.78 is 10.8. The van der Waals surface area contributed by atoms with Crippen LogP contribution in [0, 0.1) is 0 Å². The van der Waals surface area contributed by atoms with Gasteiger partial charge in [0.1, 0.15) is 0 Å². The third-order valence-corrected chi connectivity index (χ3v) is 4.56. The second-order valence-electron chi connectivity index (χ2n) is 6.24. The van der Waals surface area contributed by atoms with E-state index in [4.69, 9.17) is 9.47 Å². The van der Waals surface area contributed by atoms with Crippen LogP contribution in [-0.2, 0) is 13.0 Å². The van der Waals surface area contributed by atoms with Gasteiger partial charge in [0.2, 0.25) is 5.95 Å². The number of nitrogens with zero attached hydrogens (tertiary/aromatic N) is 4. The fourth-order valence-corrected chi connectivity index (χ4v) is 2.91. The third-order valence-electron chi connectivity index (χ3n) is 4.56. The molecule has 7 heteroatoms. The Labute approximate surface area is 148 Å². The zero-order chi connectivity index (χ0) is 17.8. The van der Waals surface area contributed by atoms with Gasteiger partial charge in [-0.2, -0.15) is 10.1 Å². The Morgan fingerprint density at radius 2 is 1.92 bits per heavy atom. The molecule has 1 aromatic carbocycles. The SMILES string of the molecule is CCC(C)Nc1cnnc(N2CCc3cc(OC)c(OC)cc3C2)n1. The van der Waals surface area contributed by atoms with Crippen LogP contribution in [0.15, 0.2) is 18.3 Å². The van der Waals surface area contributed by atoms with Crippen LogP contribution in [0.4, 0.5) is 11.8 Å². The predicted molar refractivity (Wildman–Crippen MR) is 97.5 cm³/mol. The highest BCUT2D eigenvalue weighted by Gasteiger charge is 2.21. The van der Waals surface area contributed by atoms with Gasteiger partial charge in [0.25, 0.3) is 0 Å². The summed E-state index contributed by atoms with van der Waals surface area (Å²) in [5.41, 5.74) is 2.48. The van der Waals surface area contributed by atoms with E-state index in [2.05, 4.69) is 45.3 Å². The number of methoxy groups -OCH3 is 2. The number of nitrogens with one attached hydrogen (secondary N) is 1. The van der Waals surface area contributed by atoms with E-state index < -0.39 is 0 Å². The summed E-state index contributed by atoms with van der Waals surface area (Å²) in [6.07, 6.45) is 3.60. The van der Waals surface area contributed by atoms with Crippen LogP contribution in [0.2, 0.25) is 0 Å². The second-order valence-corrected chi connectivity index (χ2v) is 6.24. The van der Waals surface area contributed by atoms with Gasteiger partial charge in [0.15, 0.2) is 17.3 Å². The lowest BCUT2D eigenvalue weighted by Crippen LogP contribution is -2.32. The molecule has 25 heavy (non-hydrogen) atoms. The molecule has 2 heterocycles. The molecule has 1 unspecified atom stereocenters. The lowest BCUT2D eigenvalue weighted by Gasteiger charge is -2.29. The van der Waals surface area contributed by atoms with Crippen molar-refractivity contribution in [2.24, 2.45) is 0 Å². The third kappa shape index (κ3) is 3.75. The first-order chi connectivity index (χ1) is 12.1. The van der Waals surface area contributed by atoms with E-state index in [0.717, 1.165) is 43.2 Å². The van der Waals surface area contributed by atoms with Gasteiger partial charge in [0, 0.05) is 19.1 Å². The normalized spacial score (nSPS) is 14.6. The minimum absolute atomic E-state index is 0.350. The van der Waals surface area contributed by atoms with Crippen molar-refractivity contribution in [3.63, 3.8) is 0 Å². The van der Waals surface area contributed by atoms with Crippen molar-refractivity contribution in [1.82, 2.24) is 15.2 Å². The molecule has 0 fully saturated rings. The van der Waals surface area contributed by atoms with Crippen molar-refractivity contribution in [2.45, 2.75) is 39.3 Å². The van der Waals surface area contributed by atoms with Gasteiger partial charge >= 0.3 is 0 Å². The largest absolute Gasteiger partial charge is 0.493 e. The number of rotatable bonds is 6. The van der Waals surface area contributed by atoms with E-state index in [9.17, 15) is 0 Å². The summed E-state index contributed by atoms with van der Waals surface area (Å²) in [6, 6.07) is 4.45. The van der Waals surface area contributed by atoms with E-state index in [1.165, 1.54) is 11.1 Å². The van der Waals surface area contributed by atoms with Gasteiger partial charge in [-0.3, -0.25) is 0 Å². The van der Waals surface area contributed by atoms with E-state index >= 15 is 0 Å². The van der Waals surface area contributed by atoms with Crippen molar-refractivity contribution in [3.05, 3.63) is 29.5 Å². The van der Waals surface area contributed by atoms with Crippen LogP contribution in [-0.4, -0.2) is 42.0 Å². The minimum atomic E-state index is 0.350. The number of benzene rings is 1. The topological polar surface area (TPSA) is 72.4 Å². The maximum atomic E-state index is 5.42. The number of aromatic nitrogens is 3. The summed E-state index contributed by atoms with van der Waals surface area (Å²) in [5.74, 6) is 2.92. The number of anilines is 2. The highest BCUT2D eigenvalue weighted by Crippen LogP contribution is 2.33. The summed E-state index contributed by atoms with van der Waals surface area (Å²) >= 11 is 0. The molecule has 0 aliphatic carbocycles. The lowest BCUT2D eigenvalue weighted by molar-refractivity contribution is 0.353. The van der Waals surface area contributed by atoms with Crippen molar-refractivity contribution in [2.75, 3.05) is 31.0 Å². The molecule has 0 saturated heterocycles. The average Bonchev–Trinajstić information content (AvgIpc) is 2.66. The molecule has 0 spiro atoms. The summed E-state index contributed by atoms with van der Waals surface area (Å²) in [4.78, 5) is 6.76. The van der Waals surface area contributed by atoms with Crippen molar-refractivity contribution >= 4 is 11.8 Å². The molecule has 134 valence electrons. The zero-order valence-corrected chi connectivity index (χ0v) is 15.2. The molecule has 0 bridgehead atoms. The van der Waals surface area contributed by atoms with E-state index in [1.807, 2.05) is 6.07 Å². The Morgan fingerprint density at radius 3 is 2.60 bits per heavy atom. The Kier molecular flexibility index (Phi) is 5.21. The van der Waals surface area contributed by atoms with Crippen LogP contribution >= 0.6 is 0 Å². The number of ether oxygens (including phenoxy) is 2. The standard InChI is InChI=1S/C18H25N5O2/c1-5-12(2)20-17-10-19-22-18(21-17)23-7-6-13-8-15(24-3)16(25-4)9-14(13)11-23/h8-10,12H,5-7,11H2,1-4H3,(H,20,21,22). The van der Waals surface area contributed by atoms with Crippen LogP contribution in [0.5, 0.6) is 11.5 Å². The van der Waals surface area contributed by atoms with E-state index in [-0.39, 0.29) is 0 Å². The van der Waals surface area contributed by atoms with E-state index in [0.29, 0.717) is 12.0 Å². The minimum Gasteiger partial charge on any atom is -0.493 e. The molecule has 1 aliphatic rings. The molecular formula is C18H25N5O2. The molecule has 0 amide bonds. The number of hydrogen-bond acceptors (Lipinski definition) is 7. The van der Waals surface area contributed by atoms with Gasteiger partial charge in [0.05, 0.1) is 20.4 Å². The summed E-state index contributed by atoms with van der Waals surface area (Å²) in [7, 11) is 3.32. The molecule has 1 atom stereocenters. The molecule has 0 saturated carbocycles. The Morgan fingerprint density at radius 1 is 1.20 bits per heavy atom.